The van der Waals surface area contributed by atoms with Gasteiger partial charge in [0.05, 0.1) is 11.0 Å². The van der Waals surface area contributed by atoms with E-state index in [-0.39, 0.29) is 17.9 Å². The van der Waals surface area contributed by atoms with Gasteiger partial charge in [-0.1, -0.05) is 0 Å². The van der Waals surface area contributed by atoms with E-state index in [2.05, 4.69) is 0 Å². The van der Waals surface area contributed by atoms with E-state index in [1.54, 1.807) is 0 Å². The van der Waals surface area contributed by atoms with Crippen LogP contribution in [0, 0.1) is 17.3 Å². The van der Waals surface area contributed by atoms with E-state index >= 15 is 0 Å². The molecule has 174 valence electrons. The Morgan fingerprint density at radius 3 is 2.03 bits per heavy atom. The molecule has 6 nitrogen and oxygen atoms in total. The van der Waals surface area contributed by atoms with Gasteiger partial charge >= 0.3 is 5.97 Å². The summed E-state index contributed by atoms with van der Waals surface area (Å²) in [4.78, 5) is 13.7. The zero-order valence-electron chi connectivity index (χ0n) is 20.2. The van der Waals surface area contributed by atoms with Crippen molar-refractivity contribution in [3.8, 4) is 0 Å². The average molecular weight is 425 g/mol. The fraction of sp³-hybridized carbons (Fsp3) is 0.958. The molecule has 4 bridgehead atoms. The molecule has 4 rings (SSSR count). The molecule has 4 saturated carbocycles. The van der Waals surface area contributed by atoms with E-state index in [1.807, 2.05) is 48.5 Å². The zero-order valence-corrected chi connectivity index (χ0v) is 20.2. The lowest BCUT2D eigenvalue weighted by atomic mass is 9.52. The van der Waals surface area contributed by atoms with Gasteiger partial charge in [-0.05, 0) is 98.8 Å². The largest absolute Gasteiger partial charge is 0.458 e. The molecule has 4 atom stereocenters. The Hall–Kier alpha value is -0.690. The Kier molecular flexibility index (Phi) is 6.16. The molecule has 4 aliphatic carbocycles. The highest BCUT2D eigenvalue weighted by Gasteiger charge is 2.62. The van der Waals surface area contributed by atoms with Gasteiger partial charge < -0.3 is 25.7 Å². The molecule has 0 aromatic rings. The Balaban J connectivity index is 1.83. The zero-order chi connectivity index (χ0) is 22.6. The number of hydrogen-bond acceptors (Lipinski definition) is 6. The third kappa shape index (κ3) is 4.72. The van der Waals surface area contributed by atoms with Crippen LogP contribution in [-0.4, -0.2) is 41.1 Å². The van der Waals surface area contributed by atoms with E-state index in [1.165, 1.54) is 6.42 Å². The fourth-order valence-electron chi connectivity index (χ4n) is 6.76. The summed E-state index contributed by atoms with van der Waals surface area (Å²) in [7, 11) is 0. The molecule has 6 heteroatoms. The van der Waals surface area contributed by atoms with Crippen molar-refractivity contribution in [3.05, 3.63) is 0 Å². The van der Waals surface area contributed by atoms with Crippen LogP contribution in [0.4, 0.5) is 0 Å². The first-order valence-electron chi connectivity index (χ1n) is 11.7. The first-order chi connectivity index (χ1) is 13.6. The second kappa shape index (κ2) is 7.72. The predicted molar refractivity (Wildman–Crippen MR) is 118 cm³/mol. The van der Waals surface area contributed by atoms with E-state index in [4.69, 9.17) is 25.7 Å². The van der Waals surface area contributed by atoms with Gasteiger partial charge in [0.25, 0.3) is 0 Å². The minimum Gasteiger partial charge on any atom is -0.458 e. The monoisotopic (exact) mass is 424 g/mol. The van der Waals surface area contributed by atoms with Crippen molar-refractivity contribution >= 4 is 5.97 Å². The van der Waals surface area contributed by atoms with Crippen molar-refractivity contribution in [3.63, 3.8) is 0 Å². The number of rotatable bonds is 9. The molecule has 0 spiro atoms. The number of nitrogens with two attached hydrogens (primary N) is 2. The first kappa shape index (κ1) is 24.0. The summed E-state index contributed by atoms with van der Waals surface area (Å²) in [5.41, 5.74) is 9.98. The first-order valence-corrected chi connectivity index (χ1v) is 11.7. The van der Waals surface area contributed by atoms with Gasteiger partial charge in [-0.3, -0.25) is 4.79 Å². The van der Waals surface area contributed by atoms with E-state index < -0.39 is 22.1 Å². The van der Waals surface area contributed by atoms with Crippen LogP contribution in [0.2, 0.25) is 0 Å². The van der Waals surface area contributed by atoms with E-state index in [0.29, 0.717) is 24.9 Å². The Labute approximate surface area is 182 Å². The number of esters is 1. The summed E-state index contributed by atoms with van der Waals surface area (Å²) in [6.07, 6.45) is 6.11. The molecule has 4 unspecified atom stereocenters. The maximum Gasteiger partial charge on any atom is 0.314 e. The molecule has 0 amide bonds. The summed E-state index contributed by atoms with van der Waals surface area (Å²) < 4.78 is 18.6. The molecular weight excluding hydrogens is 380 g/mol. The van der Waals surface area contributed by atoms with Crippen molar-refractivity contribution in [2.75, 3.05) is 6.61 Å². The van der Waals surface area contributed by atoms with Crippen LogP contribution in [0.5, 0.6) is 0 Å². The van der Waals surface area contributed by atoms with Crippen LogP contribution >= 0.6 is 0 Å². The predicted octanol–water partition coefficient (Wildman–Crippen LogP) is 3.89. The second-order valence-corrected chi connectivity index (χ2v) is 12.1. The number of carbonyl (C=O) groups is 1. The lowest BCUT2D eigenvalue weighted by Crippen LogP contribution is -2.64. The maximum absolute atomic E-state index is 13.7. The summed E-state index contributed by atoms with van der Waals surface area (Å²) in [5.74, 6) is 0.857. The van der Waals surface area contributed by atoms with Crippen LogP contribution < -0.4 is 11.5 Å². The van der Waals surface area contributed by atoms with E-state index in [9.17, 15) is 4.79 Å². The van der Waals surface area contributed by atoms with E-state index in [0.717, 1.165) is 32.1 Å². The molecule has 0 aliphatic heterocycles. The van der Waals surface area contributed by atoms with Gasteiger partial charge in [-0.15, -0.1) is 0 Å². The van der Waals surface area contributed by atoms with Gasteiger partial charge in [0.15, 0.2) is 6.29 Å². The third-order valence-corrected chi connectivity index (χ3v) is 7.76. The topological polar surface area (TPSA) is 96.8 Å². The fourth-order valence-corrected chi connectivity index (χ4v) is 6.76. The van der Waals surface area contributed by atoms with Crippen molar-refractivity contribution in [1.82, 2.24) is 0 Å². The van der Waals surface area contributed by atoms with Crippen LogP contribution in [0.15, 0.2) is 0 Å². The molecule has 0 aromatic carbocycles. The summed E-state index contributed by atoms with van der Waals surface area (Å²) in [5, 5.41) is 0. The molecule has 4 fully saturated rings. The quantitative estimate of drug-likeness (QED) is 0.430. The highest BCUT2D eigenvalue weighted by molar-refractivity contribution is 5.79. The van der Waals surface area contributed by atoms with Gasteiger partial charge in [-0.25, -0.2) is 0 Å². The maximum atomic E-state index is 13.7. The standard InChI is InChI=1S/C24H44N2O4/c1-8-28-16(2)29-23-10-17-9-18(11-23)13-24(12-17,15-23)30-19(27)22(7,21(5,6)26)14-20(3,4)25/h16-18H,8-15,25-26H2,1-7H3. The molecule has 0 radical (unpaired) electrons. The Morgan fingerprint density at radius 2 is 1.57 bits per heavy atom. The highest BCUT2D eigenvalue weighted by atomic mass is 16.7. The normalized spacial score (nSPS) is 36.4. The minimum absolute atomic E-state index is 0.219. The summed E-state index contributed by atoms with van der Waals surface area (Å²) >= 11 is 0. The lowest BCUT2D eigenvalue weighted by molar-refractivity contribution is -0.280. The molecule has 0 heterocycles. The number of ether oxygens (including phenoxy) is 3. The molecule has 0 saturated heterocycles. The van der Waals surface area contributed by atoms with Gasteiger partial charge in [0.2, 0.25) is 0 Å². The summed E-state index contributed by atoms with van der Waals surface area (Å²) in [6, 6.07) is 0. The van der Waals surface area contributed by atoms with Gasteiger partial charge in [0, 0.05) is 24.1 Å². The Morgan fingerprint density at radius 1 is 1.03 bits per heavy atom. The smallest absolute Gasteiger partial charge is 0.314 e. The van der Waals surface area contributed by atoms with Crippen LogP contribution in [-0.2, 0) is 19.0 Å². The van der Waals surface area contributed by atoms with Crippen LogP contribution in [0.3, 0.4) is 0 Å². The molecular formula is C24H44N2O4. The molecule has 0 aromatic heterocycles. The summed E-state index contributed by atoms with van der Waals surface area (Å²) in [6.45, 7) is 14.2. The second-order valence-electron chi connectivity index (χ2n) is 12.1. The highest BCUT2D eigenvalue weighted by Crippen LogP contribution is 2.61. The van der Waals surface area contributed by atoms with Crippen molar-refractivity contribution in [1.29, 1.82) is 0 Å². The molecule has 4 aliphatic rings. The van der Waals surface area contributed by atoms with Crippen LogP contribution in [0.1, 0.15) is 93.4 Å². The number of carbonyl (C=O) groups excluding carboxylic acids is 1. The molecule has 4 N–H and O–H groups in total. The minimum atomic E-state index is -0.874. The van der Waals surface area contributed by atoms with Gasteiger partial charge in [-0.2, -0.15) is 0 Å². The van der Waals surface area contributed by atoms with Crippen molar-refractivity contribution in [2.24, 2.45) is 28.7 Å². The van der Waals surface area contributed by atoms with Crippen molar-refractivity contribution in [2.45, 2.75) is 122 Å². The lowest BCUT2D eigenvalue weighted by Gasteiger charge is -2.61. The SMILES string of the molecule is CCOC(C)OC12CC3CC(CC(OC(=O)C(C)(CC(C)(C)N)C(C)(C)N)(C3)C1)C2. The van der Waals surface area contributed by atoms with Gasteiger partial charge in [0.1, 0.15) is 5.60 Å². The molecule has 30 heavy (non-hydrogen) atoms. The average Bonchev–Trinajstić information content (AvgIpc) is 2.49. The number of hydrogen-bond donors (Lipinski definition) is 2. The van der Waals surface area contributed by atoms with Crippen molar-refractivity contribution < 1.29 is 19.0 Å². The third-order valence-electron chi connectivity index (χ3n) is 7.76. The van der Waals surface area contributed by atoms with Crippen LogP contribution in [0.25, 0.3) is 0 Å². The Bertz CT molecular complexity index is 637.